The molecular weight excluding hydrogens is 148 g/mol. The van der Waals surface area contributed by atoms with Crippen LogP contribution in [0.25, 0.3) is 0 Å². The van der Waals surface area contributed by atoms with E-state index < -0.39 is 0 Å². The third kappa shape index (κ3) is 2.46. The van der Waals surface area contributed by atoms with Crippen molar-refractivity contribution in [2.24, 2.45) is 5.92 Å². The molecule has 0 aliphatic rings. The Bertz CT molecular complexity index is 243. The minimum atomic E-state index is 0.643. The summed E-state index contributed by atoms with van der Waals surface area (Å²) in [4.78, 5) is 0. The number of nitrogen functional groups attached to an aromatic ring is 1. The van der Waals surface area contributed by atoms with Gasteiger partial charge in [0.15, 0.2) is 0 Å². The highest BCUT2D eigenvalue weighted by molar-refractivity contribution is 5.65. The van der Waals surface area contributed by atoms with E-state index in [0.717, 1.165) is 17.9 Å². The van der Waals surface area contributed by atoms with Gasteiger partial charge in [0.05, 0.1) is 11.4 Å². The molecule has 2 heteroatoms. The van der Waals surface area contributed by atoms with Crippen LogP contribution in [-0.2, 0) is 0 Å². The number of para-hydroxylation sites is 2. The van der Waals surface area contributed by atoms with E-state index in [9.17, 15) is 0 Å². The second-order valence-corrected chi connectivity index (χ2v) is 3.36. The summed E-state index contributed by atoms with van der Waals surface area (Å²) >= 11 is 0. The van der Waals surface area contributed by atoms with Gasteiger partial charge in [0.25, 0.3) is 0 Å². The summed E-state index contributed by atoms with van der Waals surface area (Å²) in [5, 5.41) is 3.29. The fourth-order valence-electron chi connectivity index (χ4n) is 0.972. The van der Waals surface area contributed by atoms with E-state index in [-0.39, 0.29) is 0 Å². The zero-order valence-electron chi connectivity index (χ0n) is 7.67. The van der Waals surface area contributed by atoms with Crippen LogP contribution in [0.1, 0.15) is 13.8 Å². The summed E-state index contributed by atoms with van der Waals surface area (Å²) in [6.45, 7) is 5.31. The molecule has 0 atom stereocenters. The number of nitrogens with two attached hydrogens (primary N) is 1. The Morgan fingerprint density at radius 2 is 2.00 bits per heavy atom. The molecule has 1 aromatic rings. The Morgan fingerprint density at radius 3 is 2.58 bits per heavy atom. The lowest BCUT2D eigenvalue weighted by molar-refractivity contribution is 0.689. The van der Waals surface area contributed by atoms with Gasteiger partial charge >= 0.3 is 0 Å². The summed E-state index contributed by atoms with van der Waals surface area (Å²) in [5.41, 5.74) is 7.60. The summed E-state index contributed by atoms with van der Waals surface area (Å²) in [5.74, 6) is 0.643. The minimum Gasteiger partial charge on any atom is -0.397 e. The van der Waals surface area contributed by atoms with Gasteiger partial charge in [-0.05, 0) is 18.1 Å². The molecule has 0 heterocycles. The molecule has 0 aliphatic heterocycles. The number of nitrogens with one attached hydrogen (secondary N) is 1. The Hall–Kier alpha value is -1.18. The van der Waals surface area contributed by atoms with E-state index in [1.807, 2.05) is 24.3 Å². The topological polar surface area (TPSA) is 38.0 Å². The quantitative estimate of drug-likeness (QED) is 0.673. The van der Waals surface area contributed by atoms with Crippen LogP contribution >= 0.6 is 0 Å². The first-order valence-corrected chi connectivity index (χ1v) is 4.28. The van der Waals surface area contributed by atoms with Gasteiger partial charge in [-0.15, -0.1) is 0 Å². The molecule has 0 aliphatic carbocycles. The number of anilines is 2. The average Bonchev–Trinajstić information content (AvgIpc) is 2.03. The molecule has 0 amide bonds. The second-order valence-electron chi connectivity index (χ2n) is 3.36. The Kier molecular flexibility index (Phi) is 2.97. The van der Waals surface area contributed by atoms with Crippen LogP contribution in [0.15, 0.2) is 24.3 Å². The van der Waals surface area contributed by atoms with Crippen molar-refractivity contribution in [1.82, 2.24) is 0 Å². The maximum atomic E-state index is 5.74. The molecule has 0 unspecified atom stereocenters. The van der Waals surface area contributed by atoms with Gasteiger partial charge in [-0.25, -0.2) is 0 Å². The molecule has 66 valence electrons. The molecule has 0 bridgehead atoms. The van der Waals surface area contributed by atoms with Crippen LogP contribution in [0.5, 0.6) is 0 Å². The first kappa shape index (κ1) is 8.91. The van der Waals surface area contributed by atoms with Crippen LogP contribution in [0.3, 0.4) is 0 Å². The first-order valence-electron chi connectivity index (χ1n) is 4.28. The van der Waals surface area contributed by atoms with Gasteiger partial charge in [0.1, 0.15) is 0 Å². The van der Waals surface area contributed by atoms with E-state index in [1.54, 1.807) is 0 Å². The van der Waals surface area contributed by atoms with Gasteiger partial charge in [0, 0.05) is 6.54 Å². The minimum absolute atomic E-state index is 0.643. The molecule has 0 radical (unpaired) electrons. The van der Waals surface area contributed by atoms with E-state index in [0.29, 0.717) is 5.92 Å². The fourth-order valence-corrected chi connectivity index (χ4v) is 0.972. The monoisotopic (exact) mass is 164 g/mol. The van der Waals surface area contributed by atoms with Crippen molar-refractivity contribution in [2.75, 3.05) is 17.6 Å². The molecule has 0 saturated heterocycles. The van der Waals surface area contributed by atoms with Crippen LogP contribution in [0.4, 0.5) is 11.4 Å². The van der Waals surface area contributed by atoms with Crippen LogP contribution in [-0.4, -0.2) is 6.54 Å². The summed E-state index contributed by atoms with van der Waals surface area (Å²) in [6.07, 6.45) is 0. The number of rotatable bonds is 3. The summed E-state index contributed by atoms with van der Waals surface area (Å²) in [6, 6.07) is 7.83. The number of hydrogen-bond donors (Lipinski definition) is 2. The molecular formula is C10H16N2. The smallest absolute Gasteiger partial charge is 0.0573 e. The lowest BCUT2D eigenvalue weighted by atomic mass is 10.2. The largest absolute Gasteiger partial charge is 0.397 e. The van der Waals surface area contributed by atoms with Crippen molar-refractivity contribution in [1.29, 1.82) is 0 Å². The third-order valence-electron chi connectivity index (χ3n) is 1.66. The van der Waals surface area contributed by atoms with Gasteiger partial charge in [-0.3, -0.25) is 0 Å². The van der Waals surface area contributed by atoms with Gasteiger partial charge < -0.3 is 11.1 Å². The van der Waals surface area contributed by atoms with E-state index in [1.165, 1.54) is 0 Å². The molecule has 2 nitrogen and oxygen atoms in total. The molecule has 0 saturated carbocycles. The van der Waals surface area contributed by atoms with Crippen LogP contribution in [0, 0.1) is 5.92 Å². The molecule has 0 aromatic heterocycles. The maximum absolute atomic E-state index is 5.74. The van der Waals surface area contributed by atoms with Crippen molar-refractivity contribution in [3.05, 3.63) is 24.3 Å². The van der Waals surface area contributed by atoms with Gasteiger partial charge in [-0.1, -0.05) is 26.0 Å². The lowest BCUT2D eigenvalue weighted by Gasteiger charge is -2.10. The standard InChI is InChI=1S/C10H16N2/c1-8(2)7-12-10-6-4-3-5-9(10)11/h3-6,8,12H,7,11H2,1-2H3. The summed E-state index contributed by atoms with van der Waals surface area (Å²) < 4.78 is 0. The molecule has 1 aromatic carbocycles. The zero-order valence-corrected chi connectivity index (χ0v) is 7.67. The zero-order chi connectivity index (χ0) is 8.97. The Morgan fingerprint density at radius 1 is 1.33 bits per heavy atom. The SMILES string of the molecule is CC(C)CNc1ccccc1N. The van der Waals surface area contributed by atoms with Crippen molar-refractivity contribution in [3.63, 3.8) is 0 Å². The molecule has 3 N–H and O–H groups in total. The normalized spacial score (nSPS) is 10.2. The maximum Gasteiger partial charge on any atom is 0.0573 e. The highest BCUT2D eigenvalue weighted by Gasteiger charge is 1.97. The lowest BCUT2D eigenvalue weighted by Crippen LogP contribution is -2.09. The van der Waals surface area contributed by atoms with Crippen molar-refractivity contribution in [2.45, 2.75) is 13.8 Å². The predicted octanol–water partition coefficient (Wildman–Crippen LogP) is 2.34. The number of hydrogen-bond acceptors (Lipinski definition) is 2. The van der Waals surface area contributed by atoms with Gasteiger partial charge in [-0.2, -0.15) is 0 Å². The van der Waals surface area contributed by atoms with Crippen LogP contribution in [0.2, 0.25) is 0 Å². The molecule has 12 heavy (non-hydrogen) atoms. The fraction of sp³-hybridized carbons (Fsp3) is 0.400. The molecule has 0 spiro atoms. The predicted molar refractivity (Wildman–Crippen MR) is 54.2 cm³/mol. The second kappa shape index (κ2) is 4.00. The first-order chi connectivity index (χ1) is 5.70. The highest BCUT2D eigenvalue weighted by atomic mass is 14.9. The summed E-state index contributed by atoms with van der Waals surface area (Å²) in [7, 11) is 0. The van der Waals surface area contributed by atoms with Gasteiger partial charge in [0.2, 0.25) is 0 Å². The Labute approximate surface area is 73.8 Å². The third-order valence-corrected chi connectivity index (χ3v) is 1.66. The molecule has 0 fully saturated rings. The molecule has 1 rings (SSSR count). The highest BCUT2D eigenvalue weighted by Crippen LogP contribution is 2.16. The van der Waals surface area contributed by atoms with Crippen molar-refractivity contribution in [3.8, 4) is 0 Å². The van der Waals surface area contributed by atoms with E-state index >= 15 is 0 Å². The van der Waals surface area contributed by atoms with Crippen molar-refractivity contribution < 1.29 is 0 Å². The van der Waals surface area contributed by atoms with E-state index in [4.69, 9.17) is 5.73 Å². The Balaban J connectivity index is 2.57. The van der Waals surface area contributed by atoms with E-state index in [2.05, 4.69) is 19.2 Å². The average molecular weight is 164 g/mol. The van der Waals surface area contributed by atoms with Crippen molar-refractivity contribution >= 4 is 11.4 Å². The van der Waals surface area contributed by atoms with Crippen LogP contribution < -0.4 is 11.1 Å². The number of benzene rings is 1.